The fourth-order valence-corrected chi connectivity index (χ4v) is 2.99. The van der Waals surface area contributed by atoms with E-state index in [1.165, 1.54) is 89.9 Å². The molecule has 0 aromatic heterocycles. The molecule has 0 N–H and O–H groups in total. The van der Waals surface area contributed by atoms with Crippen molar-refractivity contribution in [3.8, 4) is 0 Å². The van der Waals surface area contributed by atoms with Crippen LogP contribution in [0.25, 0.3) is 0 Å². The van der Waals surface area contributed by atoms with E-state index in [0.29, 0.717) is 6.61 Å². The second-order valence-electron chi connectivity index (χ2n) is 8.68. The molecule has 0 fully saturated rings. The lowest BCUT2D eigenvalue weighted by atomic mass is 10.0. The van der Waals surface area contributed by atoms with Crippen LogP contribution in [-0.2, 0) is 14.5 Å². The molecule has 27 heavy (non-hydrogen) atoms. The van der Waals surface area contributed by atoms with E-state index in [9.17, 15) is 4.79 Å². The first-order chi connectivity index (χ1) is 13.0. The summed E-state index contributed by atoms with van der Waals surface area (Å²) in [5.74, 6) is 0. The molecule has 0 saturated heterocycles. The summed E-state index contributed by atoms with van der Waals surface area (Å²) in [5, 5.41) is 0. The van der Waals surface area contributed by atoms with Gasteiger partial charge in [-0.3, -0.25) is 4.89 Å². The Labute approximate surface area is 168 Å². The van der Waals surface area contributed by atoms with Crippen molar-refractivity contribution in [2.45, 2.75) is 136 Å². The Morgan fingerprint density at radius 1 is 0.630 bits per heavy atom. The molecule has 0 heterocycles. The average Bonchev–Trinajstić information content (AvgIpc) is 2.62. The Kier molecular flexibility index (Phi) is 18.1. The van der Waals surface area contributed by atoms with Gasteiger partial charge >= 0.3 is 6.16 Å². The molecule has 0 aliphatic rings. The van der Waals surface area contributed by atoms with E-state index in [0.717, 1.165) is 12.8 Å². The molecule has 4 nitrogen and oxygen atoms in total. The second kappa shape index (κ2) is 18.6. The lowest BCUT2D eigenvalue weighted by Gasteiger charge is -2.16. The van der Waals surface area contributed by atoms with Gasteiger partial charge in [-0.1, -0.05) is 103 Å². The zero-order valence-corrected chi connectivity index (χ0v) is 18.7. The van der Waals surface area contributed by atoms with Crippen molar-refractivity contribution in [3.05, 3.63) is 0 Å². The van der Waals surface area contributed by atoms with Gasteiger partial charge in [-0.25, -0.2) is 4.79 Å². The van der Waals surface area contributed by atoms with Crippen LogP contribution < -0.4 is 0 Å². The average molecular weight is 387 g/mol. The second-order valence-corrected chi connectivity index (χ2v) is 8.68. The number of hydrogen-bond donors (Lipinski definition) is 0. The highest BCUT2D eigenvalue weighted by molar-refractivity contribution is 5.58. The van der Waals surface area contributed by atoms with Gasteiger partial charge in [-0.2, -0.15) is 4.89 Å². The normalized spacial score (nSPS) is 11.6. The quantitative estimate of drug-likeness (QED) is 0.103. The van der Waals surface area contributed by atoms with Gasteiger partial charge in [-0.15, -0.1) is 0 Å². The first-order valence-corrected chi connectivity index (χ1v) is 11.5. The summed E-state index contributed by atoms with van der Waals surface area (Å²) < 4.78 is 4.97. The largest absolute Gasteiger partial charge is 0.540 e. The predicted molar refractivity (Wildman–Crippen MR) is 113 cm³/mol. The van der Waals surface area contributed by atoms with Crippen molar-refractivity contribution in [2.75, 3.05) is 6.61 Å². The summed E-state index contributed by atoms with van der Waals surface area (Å²) in [6.45, 7) is 8.13. The van der Waals surface area contributed by atoms with Gasteiger partial charge in [0.05, 0.1) is 6.61 Å². The molecule has 0 aromatic carbocycles. The number of carbonyl (C=O) groups is 1. The third kappa shape index (κ3) is 23.2. The van der Waals surface area contributed by atoms with Crippen LogP contribution in [0, 0.1) is 0 Å². The van der Waals surface area contributed by atoms with E-state index in [-0.39, 0.29) is 0 Å². The minimum atomic E-state index is -0.745. The van der Waals surface area contributed by atoms with Crippen molar-refractivity contribution < 1.29 is 19.3 Å². The SMILES string of the molecule is CCCCCCCCCCCCCCCCCCOC(=O)OOC(C)(C)C. The smallest absolute Gasteiger partial charge is 0.432 e. The van der Waals surface area contributed by atoms with E-state index in [4.69, 9.17) is 9.62 Å². The van der Waals surface area contributed by atoms with Gasteiger partial charge in [0.1, 0.15) is 5.60 Å². The minimum Gasteiger partial charge on any atom is -0.432 e. The Morgan fingerprint density at radius 3 is 1.37 bits per heavy atom. The first kappa shape index (κ1) is 26.2. The molecule has 0 saturated carbocycles. The van der Waals surface area contributed by atoms with Crippen molar-refractivity contribution in [2.24, 2.45) is 0 Å². The van der Waals surface area contributed by atoms with Crippen LogP contribution in [0.1, 0.15) is 130 Å². The predicted octanol–water partition coefficient (Wildman–Crippen LogP) is 8.13. The third-order valence-electron chi connectivity index (χ3n) is 4.58. The lowest BCUT2D eigenvalue weighted by Crippen LogP contribution is -2.22. The fourth-order valence-electron chi connectivity index (χ4n) is 2.99. The zero-order valence-electron chi connectivity index (χ0n) is 18.7. The van der Waals surface area contributed by atoms with E-state index in [1.807, 2.05) is 20.8 Å². The van der Waals surface area contributed by atoms with E-state index in [2.05, 4.69) is 11.8 Å². The van der Waals surface area contributed by atoms with Crippen LogP contribution >= 0.6 is 0 Å². The van der Waals surface area contributed by atoms with Gasteiger partial charge in [0, 0.05) is 0 Å². The number of rotatable bonds is 18. The molecule has 0 unspecified atom stereocenters. The molecule has 0 aliphatic carbocycles. The lowest BCUT2D eigenvalue weighted by molar-refractivity contribution is -0.312. The van der Waals surface area contributed by atoms with Gasteiger partial charge in [0.15, 0.2) is 0 Å². The van der Waals surface area contributed by atoms with E-state index in [1.54, 1.807) is 0 Å². The Morgan fingerprint density at radius 2 is 1.00 bits per heavy atom. The summed E-state index contributed by atoms with van der Waals surface area (Å²) in [5.41, 5.74) is -0.507. The number of hydrogen-bond acceptors (Lipinski definition) is 4. The molecule has 0 aromatic rings. The maximum atomic E-state index is 11.3. The van der Waals surface area contributed by atoms with Gasteiger partial charge in [0.25, 0.3) is 0 Å². The summed E-state index contributed by atoms with van der Waals surface area (Å²) >= 11 is 0. The molecule has 0 spiro atoms. The summed E-state index contributed by atoms with van der Waals surface area (Å²) in [6.07, 6.45) is 20.6. The van der Waals surface area contributed by atoms with Gasteiger partial charge in [0.2, 0.25) is 0 Å². The van der Waals surface area contributed by atoms with E-state index >= 15 is 0 Å². The molecular formula is C23H46O4. The standard InChI is InChI=1S/C23H46O4/c1-5-6-7-8-9-10-11-12-13-14-15-16-17-18-19-20-21-25-22(24)26-27-23(2,3)4/h5-21H2,1-4H3. The molecule has 0 atom stereocenters. The first-order valence-electron chi connectivity index (χ1n) is 11.5. The highest BCUT2D eigenvalue weighted by Gasteiger charge is 2.15. The Balaban J connectivity index is 3.14. The Bertz CT molecular complexity index is 323. The maximum absolute atomic E-state index is 11.3. The third-order valence-corrected chi connectivity index (χ3v) is 4.58. The zero-order chi connectivity index (χ0) is 20.2. The number of carbonyl (C=O) groups excluding carboxylic acids is 1. The van der Waals surface area contributed by atoms with Crippen LogP contribution in [0.5, 0.6) is 0 Å². The number of ether oxygens (including phenoxy) is 1. The molecule has 162 valence electrons. The van der Waals surface area contributed by atoms with Crippen molar-refractivity contribution >= 4 is 6.16 Å². The molecular weight excluding hydrogens is 340 g/mol. The van der Waals surface area contributed by atoms with Crippen molar-refractivity contribution in [1.82, 2.24) is 0 Å². The summed E-state index contributed by atoms with van der Waals surface area (Å²) in [4.78, 5) is 20.8. The van der Waals surface area contributed by atoms with Gasteiger partial charge in [-0.05, 0) is 27.2 Å². The van der Waals surface area contributed by atoms with Crippen LogP contribution in [0.4, 0.5) is 4.79 Å². The summed E-state index contributed by atoms with van der Waals surface area (Å²) in [7, 11) is 0. The molecule has 0 amide bonds. The van der Waals surface area contributed by atoms with Crippen molar-refractivity contribution in [1.29, 1.82) is 0 Å². The molecule has 0 rings (SSSR count). The van der Waals surface area contributed by atoms with Crippen LogP contribution in [-0.4, -0.2) is 18.4 Å². The molecule has 0 radical (unpaired) electrons. The summed E-state index contributed by atoms with van der Waals surface area (Å²) in [6, 6.07) is 0. The van der Waals surface area contributed by atoms with E-state index < -0.39 is 11.8 Å². The van der Waals surface area contributed by atoms with Crippen LogP contribution in [0.2, 0.25) is 0 Å². The van der Waals surface area contributed by atoms with Crippen molar-refractivity contribution in [3.63, 3.8) is 0 Å². The van der Waals surface area contributed by atoms with Crippen LogP contribution in [0.15, 0.2) is 0 Å². The molecule has 0 bridgehead atoms. The molecule has 0 aliphatic heterocycles. The molecule has 4 heteroatoms. The maximum Gasteiger partial charge on any atom is 0.540 e. The highest BCUT2D eigenvalue weighted by Crippen LogP contribution is 2.14. The monoisotopic (exact) mass is 386 g/mol. The highest BCUT2D eigenvalue weighted by atomic mass is 17.2. The van der Waals surface area contributed by atoms with Gasteiger partial charge < -0.3 is 4.74 Å². The minimum absolute atomic E-state index is 0.408. The Hall–Kier alpha value is -0.770. The topological polar surface area (TPSA) is 44.8 Å². The number of unbranched alkanes of at least 4 members (excludes halogenated alkanes) is 15. The van der Waals surface area contributed by atoms with Crippen LogP contribution in [0.3, 0.4) is 0 Å². The fraction of sp³-hybridized carbons (Fsp3) is 0.957.